The van der Waals surface area contributed by atoms with Gasteiger partial charge in [0.15, 0.2) is 0 Å². The zero-order valence-electron chi connectivity index (χ0n) is 11.6. The van der Waals surface area contributed by atoms with E-state index in [0.29, 0.717) is 6.54 Å². The van der Waals surface area contributed by atoms with Gasteiger partial charge in [-0.25, -0.2) is 0 Å². The van der Waals surface area contributed by atoms with Crippen molar-refractivity contribution in [3.05, 3.63) is 29.8 Å². The van der Waals surface area contributed by atoms with Gasteiger partial charge >= 0.3 is 5.97 Å². The molecule has 0 heterocycles. The van der Waals surface area contributed by atoms with E-state index in [-0.39, 0.29) is 11.4 Å². The lowest BCUT2D eigenvalue weighted by molar-refractivity contribution is -0.158. The van der Waals surface area contributed by atoms with Gasteiger partial charge in [0, 0.05) is 13.1 Å². The molecule has 0 saturated heterocycles. The van der Waals surface area contributed by atoms with Crippen LogP contribution in [0.4, 0.5) is 0 Å². The molecule has 1 aliphatic carbocycles. The number of benzene rings is 1. The molecule has 2 rings (SSSR count). The summed E-state index contributed by atoms with van der Waals surface area (Å²) in [6.45, 7) is 1.44. The lowest BCUT2D eigenvalue weighted by Gasteiger charge is -2.39. The second kappa shape index (κ2) is 6.06. The van der Waals surface area contributed by atoms with Gasteiger partial charge < -0.3 is 14.8 Å². The molecule has 0 spiro atoms. The highest BCUT2D eigenvalue weighted by atomic mass is 16.5. The van der Waals surface area contributed by atoms with Crippen LogP contribution in [0.3, 0.4) is 0 Å². The Morgan fingerprint density at radius 3 is 2.42 bits per heavy atom. The number of esters is 1. The van der Waals surface area contributed by atoms with Crippen LogP contribution in [0.2, 0.25) is 0 Å². The molecule has 4 nitrogen and oxygen atoms in total. The molecule has 19 heavy (non-hydrogen) atoms. The summed E-state index contributed by atoms with van der Waals surface area (Å²) in [6, 6.07) is 7.93. The minimum absolute atomic E-state index is 0.0824. The second-order valence-electron chi connectivity index (χ2n) is 5.08. The first-order chi connectivity index (χ1) is 9.20. The number of carbonyl (C=O) groups is 1. The van der Waals surface area contributed by atoms with Crippen LogP contribution < -0.4 is 10.1 Å². The molecule has 0 unspecified atom stereocenters. The monoisotopic (exact) mass is 263 g/mol. The van der Waals surface area contributed by atoms with Crippen LogP contribution >= 0.6 is 0 Å². The number of nitrogens with one attached hydrogen (secondary N) is 1. The van der Waals surface area contributed by atoms with Crippen molar-refractivity contribution >= 4 is 5.97 Å². The summed E-state index contributed by atoms with van der Waals surface area (Å²) in [4.78, 5) is 11.8. The molecule has 104 valence electrons. The highest BCUT2D eigenvalue weighted by molar-refractivity contribution is 5.78. The van der Waals surface area contributed by atoms with Crippen LogP contribution in [-0.2, 0) is 16.1 Å². The number of ether oxygens (including phenoxy) is 2. The average Bonchev–Trinajstić information content (AvgIpc) is 2.41. The van der Waals surface area contributed by atoms with Crippen LogP contribution in [0.15, 0.2) is 24.3 Å². The Kier molecular flexibility index (Phi) is 4.43. The summed E-state index contributed by atoms with van der Waals surface area (Å²) in [7, 11) is 3.12. The largest absolute Gasteiger partial charge is 0.497 e. The normalized spacial score (nSPS) is 16.5. The van der Waals surface area contributed by atoms with Crippen LogP contribution in [0.5, 0.6) is 5.75 Å². The van der Waals surface area contributed by atoms with E-state index in [9.17, 15) is 4.79 Å². The zero-order valence-corrected chi connectivity index (χ0v) is 11.6. The smallest absolute Gasteiger partial charge is 0.313 e. The number of carbonyl (C=O) groups excluding carboxylic acids is 1. The Bertz CT molecular complexity index is 424. The lowest BCUT2D eigenvalue weighted by atomic mass is 9.68. The van der Waals surface area contributed by atoms with Crippen molar-refractivity contribution < 1.29 is 14.3 Å². The molecular weight excluding hydrogens is 242 g/mol. The fraction of sp³-hybridized carbons (Fsp3) is 0.533. The molecule has 4 heteroatoms. The van der Waals surface area contributed by atoms with Crippen molar-refractivity contribution in [3.8, 4) is 5.75 Å². The van der Waals surface area contributed by atoms with Gasteiger partial charge in [-0.2, -0.15) is 0 Å². The van der Waals surface area contributed by atoms with Gasteiger partial charge in [0.25, 0.3) is 0 Å². The summed E-state index contributed by atoms with van der Waals surface area (Å²) < 4.78 is 10.0. The molecule has 1 N–H and O–H groups in total. The fourth-order valence-electron chi connectivity index (χ4n) is 2.46. The Morgan fingerprint density at radius 1 is 1.26 bits per heavy atom. The maximum Gasteiger partial charge on any atom is 0.313 e. The van der Waals surface area contributed by atoms with Crippen molar-refractivity contribution in [2.45, 2.75) is 25.8 Å². The Balaban J connectivity index is 1.83. The van der Waals surface area contributed by atoms with E-state index >= 15 is 0 Å². The van der Waals surface area contributed by atoms with Gasteiger partial charge in [-0.1, -0.05) is 18.6 Å². The van der Waals surface area contributed by atoms with Gasteiger partial charge in [-0.05, 0) is 30.5 Å². The predicted octanol–water partition coefficient (Wildman–Crippen LogP) is 2.13. The molecule has 1 fully saturated rings. The van der Waals surface area contributed by atoms with E-state index in [4.69, 9.17) is 9.47 Å². The molecule has 0 atom stereocenters. The van der Waals surface area contributed by atoms with Crippen molar-refractivity contribution in [1.82, 2.24) is 5.32 Å². The van der Waals surface area contributed by atoms with Crippen LogP contribution in [0.25, 0.3) is 0 Å². The summed E-state index contributed by atoms with van der Waals surface area (Å²) in [5.41, 5.74) is 0.890. The predicted molar refractivity (Wildman–Crippen MR) is 73.0 cm³/mol. The van der Waals surface area contributed by atoms with E-state index in [1.807, 2.05) is 24.3 Å². The van der Waals surface area contributed by atoms with Gasteiger partial charge in [0.05, 0.1) is 19.6 Å². The Labute approximate surface area is 114 Å². The summed E-state index contributed by atoms with van der Waals surface area (Å²) in [5, 5.41) is 3.36. The van der Waals surface area contributed by atoms with Gasteiger partial charge in [-0.3, -0.25) is 4.79 Å². The van der Waals surface area contributed by atoms with Crippen LogP contribution in [0.1, 0.15) is 24.8 Å². The van der Waals surface area contributed by atoms with Crippen molar-refractivity contribution in [2.75, 3.05) is 20.8 Å². The molecular formula is C15H21NO3. The third-order valence-electron chi connectivity index (χ3n) is 3.88. The molecule has 0 aliphatic heterocycles. The molecule has 1 aromatic rings. The highest BCUT2D eigenvalue weighted by Gasteiger charge is 2.44. The van der Waals surface area contributed by atoms with E-state index in [0.717, 1.165) is 31.6 Å². The molecule has 1 aliphatic rings. The Morgan fingerprint density at radius 2 is 1.95 bits per heavy atom. The third kappa shape index (κ3) is 3.07. The SMILES string of the molecule is COC(=O)C1(CNCc2ccc(OC)cc2)CCC1. The van der Waals surface area contributed by atoms with E-state index in [2.05, 4.69) is 5.32 Å². The van der Waals surface area contributed by atoms with Crippen molar-refractivity contribution in [2.24, 2.45) is 5.41 Å². The molecule has 1 aromatic carbocycles. The first-order valence-corrected chi connectivity index (χ1v) is 6.62. The molecule has 0 amide bonds. The van der Waals surface area contributed by atoms with Gasteiger partial charge in [-0.15, -0.1) is 0 Å². The molecule has 0 radical (unpaired) electrons. The highest BCUT2D eigenvalue weighted by Crippen LogP contribution is 2.41. The Hall–Kier alpha value is -1.55. The zero-order chi connectivity index (χ0) is 13.7. The lowest BCUT2D eigenvalue weighted by Crippen LogP contribution is -2.46. The number of rotatable bonds is 6. The minimum atomic E-state index is -0.290. The second-order valence-corrected chi connectivity index (χ2v) is 5.08. The van der Waals surface area contributed by atoms with Crippen molar-refractivity contribution in [1.29, 1.82) is 0 Å². The average molecular weight is 263 g/mol. The third-order valence-corrected chi connectivity index (χ3v) is 3.88. The topological polar surface area (TPSA) is 47.6 Å². The van der Waals surface area contributed by atoms with Crippen LogP contribution in [-0.4, -0.2) is 26.7 Å². The van der Waals surface area contributed by atoms with Gasteiger partial charge in [0.2, 0.25) is 0 Å². The fourth-order valence-corrected chi connectivity index (χ4v) is 2.46. The number of hydrogen-bond donors (Lipinski definition) is 1. The van der Waals surface area contributed by atoms with Crippen LogP contribution in [0, 0.1) is 5.41 Å². The van der Waals surface area contributed by atoms with E-state index < -0.39 is 0 Å². The minimum Gasteiger partial charge on any atom is -0.497 e. The van der Waals surface area contributed by atoms with Crippen molar-refractivity contribution in [3.63, 3.8) is 0 Å². The summed E-state index contributed by atoms with van der Waals surface area (Å²) >= 11 is 0. The standard InChI is InChI=1S/C15H21NO3/c1-18-13-6-4-12(5-7-13)10-16-11-15(8-3-9-15)14(17)19-2/h4-7,16H,3,8-11H2,1-2H3. The summed E-state index contributed by atoms with van der Waals surface area (Å²) in [6.07, 6.45) is 2.96. The van der Waals surface area contributed by atoms with E-state index in [1.165, 1.54) is 12.7 Å². The maximum absolute atomic E-state index is 11.8. The molecule has 1 saturated carbocycles. The summed E-state index contributed by atoms with van der Waals surface area (Å²) in [5.74, 6) is 0.773. The number of methoxy groups -OCH3 is 2. The first kappa shape index (κ1) is 13.9. The molecule has 0 aromatic heterocycles. The van der Waals surface area contributed by atoms with Gasteiger partial charge in [0.1, 0.15) is 5.75 Å². The first-order valence-electron chi connectivity index (χ1n) is 6.62. The quantitative estimate of drug-likeness (QED) is 0.799. The molecule has 0 bridgehead atoms. The van der Waals surface area contributed by atoms with E-state index in [1.54, 1.807) is 7.11 Å². The maximum atomic E-state index is 11.8. The number of hydrogen-bond acceptors (Lipinski definition) is 4.